The van der Waals surface area contributed by atoms with E-state index in [1.165, 1.54) is 0 Å². The molecule has 1 aliphatic carbocycles. The minimum atomic E-state index is -0.827. The standard InChI is InChI=1S/C10H20O2/c1-7(2)10(12)5-4-8(3)6-9(10)11/h7-9,11-12H,4-6H2,1-3H3/t8-,9?,10-/m1/s1. The Balaban J connectivity index is 2.66. The maximum absolute atomic E-state index is 10.1. The van der Waals surface area contributed by atoms with Crippen molar-refractivity contribution >= 4 is 0 Å². The third kappa shape index (κ3) is 1.64. The topological polar surface area (TPSA) is 40.5 Å². The fourth-order valence-electron chi connectivity index (χ4n) is 2.02. The van der Waals surface area contributed by atoms with E-state index in [-0.39, 0.29) is 5.92 Å². The molecule has 1 saturated carbocycles. The lowest BCUT2D eigenvalue weighted by Crippen LogP contribution is -2.50. The zero-order valence-electron chi connectivity index (χ0n) is 8.25. The molecule has 0 aromatic rings. The molecule has 0 radical (unpaired) electrons. The van der Waals surface area contributed by atoms with Crippen LogP contribution in [0.15, 0.2) is 0 Å². The highest BCUT2D eigenvalue weighted by Gasteiger charge is 2.42. The summed E-state index contributed by atoms with van der Waals surface area (Å²) in [5.41, 5.74) is -0.827. The second-order valence-corrected chi connectivity index (χ2v) is 4.54. The molecule has 1 rings (SSSR count). The van der Waals surface area contributed by atoms with Gasteiger partial charge in [-0.15, -0.1) is 0 Å². The molecule has 0 amide bonds. The molecule has 0 saturated heterocycles. The lowest BCUT2D eigenvalue weighted by molar-refractivity contribution is -0.136. The van der Waals surface area contributed by atoms with Crippen LogP contribution in [0.5, 0.6) is 0 Å². The number of aliphatic hydroxyl groups excluding tert-OH is 1. The molecule has 2 heteroatoms. The van der Waals surface area contributed by atoms with Gasteiger partial charge >= 0.3 is 0 Å². The van der Waals surface area contributed by atoms with Crippen LogP contribution >= 0.6 is 0 Å². The Morgan fingerprint density at radius 2 is 2.00 bits per heavy atom. The van der Waals surface area contributed by atoms with Gasteiger partial charge in [-0.05, 0) is 31.1 Å². The van der Waals surface area contributed by atoms with Gasteiger partial charge in [-0.25, -0.2) is 0 Å². The van der Waals surface area contributed by atoms with E-state index in [9.17, 15) is 10.2 Å². The van der Waals surface area contributed by atoms with Gasteiger partial charge in [0, 0.05) is 0 Å². The zero-order valence-corrected chi connectivity index (χ0v) is 8.25. The molecular weight excluding hydrogens is 152 g/mol. The van der Waals surface area contributed by atoms with Crippen LogP contribution in [-0.2, 0) is 0 Å². The van der Waals surface area contributed by atoms with Crippen molar-refractivity contribution in [1.82, 2.24) is 0 Å². The summed E-state index contributed by atoms with van der Waals surface area (Å²) >= 11 is 0. The summed E-state index contributed by atoms with van der Waals surface area (Å²) in [5, 5.41) is 19.8. The van der Waals surface area contributed by atoms with Crippen molar-refractivity contribution in [2.45, 2.75) is 51.7 Å². The highest BCUT2D eigenvalue weighted by Crippen LogP contribution is 2.36. The van der Waals surface area contributed by atoms with Gasteiger partial charge in [0.2, 0.25) is 0 Å². The highest BCUT2D eigenvalue weighted by atomic mass is 16.3. The summed E-state index contributed by atoms with van der Waals surface area (Å²) in [6.07, 6.45) is 1.99. The van der Waals surface area contributed by atoms with Gasteiger partial charge < -0.3 is 10.2 Å². The van der Waals surface area contributed by atoms with Gasteiger partial charge in [0.1, 0.15) is 0 Å². The molecule has 0 heterocycles. The fourth-order valence-corrected chi connectivity index (χ4v) is 2.02. The lowest BCUT2D eigenvalue weighted by atomic mass is 9.72. The Bertz CT molecular complexity index is 156. The van der Waals surface area contributed by atoms with Gasteiger partial charge in [-0.3, -0.25) is 0 Å². The van der Waals surface area contributed by atoms with Gasteiger partial charge in [-0.2, -0.15) is 0 Å². The third-order valence-electron chi connectivity index (χ3n) is 3.24. The normalized spacial score (nSPS) is 43.5. The zero-order chi connectivity index (χ0) is 9.35. The van der Waals surface area contributed by atoms with E-state index in [1.54, 1.807) is 0 Å². The maximum Gasteiger partial charge on any atom is 0.0928 e. The molecule has 2 N–H and O–H groups in total. The molecule has 0 spiro atoms. The minimum absolute atomic E-state index is 0.153. The Morgan fingerprint density at radius 1 is 1.42 bits per heavy atom. The molecular formula is C10H20O2. The van der Waals surface area contributed by atoms with Crippen LogP contribution in [0.25, 0.3) is 0 Å². The molecule has 1 aliphatic rings. The smallest absolute Gasteiger partial charge is 0.0928 e. The first kappa shape index (κ1) is 10.0. The van der Waals surface area contributed by atoms with Crippen molar-refractivity contribution < 1.29 is 10.2 Å². The van der Waals surface area contributed by atoms with Crippen LogP contribution in [-0.4, -0.2) is 21.9 Å². The van der Waals surface area contributed by atoms with Crippen LogP contribution in [0, 0.1) is 11.8 Å². The number of hydrogen-bond donors (Lipinski definition) is 2. The molecule has 0 bridgehead atoms. The first-order valence-corrected chi connectivity index (χ1v) is 4.87. The van der Waals surface area contributed by atoms with Crippen molar-refractivity contribution in [1.29, 1.82) is 0 Å². The van der Waals surface area contributed by atoms with Crippen LogP contribution in [0.2, 0.25) is 0 Å². The van der Waals surface area contributed by atoms with E-state index in [0.29, 0.717) is 5.92 Å². The summed E-state index contributed by atoms with van der Waals surface area (Å²) in [6, 6.07) is 0. The molecule has 72 valence electrons. The number of hydrogen-bond acceptors (Lipinski definition) is 2. The van der Waals surface area contributed by atoms with Crippen LogP contribution in [0.4, 0.5) is 0 Å². The summed E-state index contributed by atoms with van der Waals surface area (Å²) in [7, 11) is 0. The monoisotopic (exact) mass is 172 g/mol. The molecule has 0 aromatic carbocycles. The van der Waals surface area contributed by atoms with Crippen molar-refractivity contribution in [3.8, 4) is 0 Å². The molecule has 12 heavy (non-hydrogen) atoms. The quantitative estimate of drug-likeness (QED) is 0.630. The molecule has 1 unspecified atom stereocenters. The van der Waals surface area contributed by atoms with E-state index in [0.717, 1.165) is 19.3 Å². The van der Waals surface area contributed by atoms with Crippen molar-refractivity contribution in [2.75, 3.05) is 0 Å². The van der Waals surface area contributed by atoms with Crippen molar-refractivity contribution in [2.24, 2.45) is 11.8 Å². The van der Waals surface area contributed by atoms with Gasteiger partial charge in [0.25, 0.3) is 0 Å². The molecule has 2 nitrogen and oxygen atoms in total. The molecule has 1 fully saturated rings. The summed E-state index contributed by atoms with van der Waals surface area (Å²) in [4.78, 5) is 0. The first-order chi connectivity index (χ1) is 5.47. The SMILES string of the molecule is CC(C)[C@]1(O)CC[C@@H](C)CC1O. The minimum Gasteiger partial charge on any atom is -0.390 e. The Morgan fingerprint density at radius 3 is 2.42 bits per heavy atom. The van der Waals surface area contributed by atoms with Crippen molar-refractivity contribution in [3.63, 3.8) is 0 Å². The number of rotatable bonds is 1. The fraction of sp³-hybridized carbons (Fsp3) is 1.00. The van der Waals surface area contributed by atoms with Gasteiger partial charge in [0.05, 0.1) is 11.7 Å². The molecule has 0 aliphatic heterocycles. The predicted molar refractivity (Wildman–Crippen MR) is 48.8 cm³/mol. The second-order valence-electron chi connectivity index (χ2n) is 4.54. The van der Waals surface area contributed by atoms with Gasteiger partial charge in [-0.1, -0.05) is 20.8 Å². The summed E-state index contributed by atoms with van der Waals surface area (Å²) in [5.74, 6) is 0.707. The summed E-state index contributed by atoms with van der Waals surface area (Å²) in [6.45, 7) is 6.07. The Hall–Kier alpha value is -0.0800. The molecule has 3 atom stereocenters. The van der Waals surface area contributed by atoms with Crippen LogP contribution in [0.3, 0.4) is 0 Å². The maximum atomic E-state index is 10.1. The Labute approximate surface area is 74.6 Å². The average Bonchev–Trinajstić information content (AvgIpc) is 1.97. The van der Waals surface area contributed by atoms with E-state index < -0.39 is 11.7 Å². The van der Waals surface area contributed by atoms with E-state index in [4.69, 9.17) is 0 Å². The Kier molecular flexibility index (Phi) is 2.79. The number of aliphatic hydroxyl groups is 2. The third-order valence-corrected chi connectivity index (χ3v) is 3.24. The van der Waals surface area contributed by atoms with Crippen molar-refractivity contribution in [3.05, 3.63) is 0 Å². The first-order valence-electron chi connectivity index (χ1n) is 4.87. The van der Waals surface area contributed by atoms with E-state index in [2.05, 4.69) is 6.92 Å². The average molecular weight is 172 g/mol. The summed E-state index contributed by atoms with van der Waals surface area (Å²) < 4.78 is 0. The van der Waals surface area contributed by atoms with Crippen LogP contribution < -0.4 is 0 Å². The largest absolute Gasteiger partial charge is 0.390 e. The van der Waals surface area contributed by atoms with Gasteiger partial charge in [0.15, 0.2) is 0 Å². The second kappa shape index (κ2) is 3.35. The predicted octanol–water partition coefficient (Wildman–Crippen LogP) is 1.55. The molecule has 0 aromatic heterocycles. The van der Waals surface area contributed by atoms with Crippen LogP contribution in [0.1, 0.15) is 40.0 Å². The van der Waals surface area contributed by atoms with E-state index in [1.807, 2.05) is 13.8 Å². The van der Waals surface area contributed by atoms with E-state index >= 15 is 0 Å². The highest BCUT2D eigenvalue weighted by molar-refractivity contribution is 4.93. The lowest BCUT2D eigenvalue weighted by Gasteiger charge is -2.42.